The number of oxazole rings is 1. The summed E-state index contributed by atoms with van der Waals surface area (Å²) >= 11 is 0. The largest absolute Gasteiger partial charge is 0.485 e. The number of aromatic nitrogens is 3. The average molecular weight is 521 g/mol. The van der Waals surface area contributed by atoms with Crippen molar-refractivity contribution < 1.29 is 19.1 Å². The molecule has 3 heterocycles. The van der Waals surface area contributed by atoms with Gasteiger partial charge < -0.3 is 24.9 Å². The lowest BCUT2D eigenvalue weighted by molar-refractivity contribution is 0.0837. The third kappa shape index (κ3) is 6.31. The molecule has 1 aromatic carbocycles. The van der Waals surface area contributed by atoms with Crippen molar-refractivity contribution in [3.05, 3.63) is 64.8 Å². The number of anilines is 1. The van der Waals surface area contributed by atoms with Crippen LogP contribution in [0.5, 0.6) is 5.75 Å². The SMILES string of the molecule is Cc1ncoc1COc1ccc2c(c1C)CCN(C[C@@H](O)CNC(=O)c1cc(NC3CCCC3)ncn1)C2. The fourth-order valence-electron chi connectivity index (χ4n) is 5.30. The molecule has 38 heavy (non-hydrogen) atoms. The zero-order valence-electron chi connectivity index (χ0n) is 22.1. The van der Waals surface area contributed by atoms with E-state index < -0.39 is 6.10 Å². The molecule has 1 atom stereocenters. The Morgan fingerprint density at radius 3 is 2.87 bits per heavy atom. The van der Waals surface area contributed by atoms with Gasteiger partial charge in [0.25, 0.3) is 5.91 Å². The van der Waals surface area contributed by atoms with Gasteiger partial charge in [0, 0.05) is 38.3 Å². The highest BCUT2D eigenvalue weighted by molar-refractivity contribution is 5.92. The topological polar surface area (TPSA) is 126 Å². The summed E-state index contributed by atoms with van der Waals surface area (Å²) < 4.78 is 11.4. The summed E-state index contributed by atoms with van der Waals surface area (Å²) in [6.45, 7) is 6.53. The van der Waals surface area contributed by atoms with E-state index >= 15 is 0 Å². The van der Waals surface area contributed by atoms with Gasteiger partial charge in [-0.05, 0) is 55.9 Å². The van der Waals surface area contributed by atoms with Gasteiger partial charge in [0.1, 0.15) is 30.2 Å². The summed E-state index contributed by atoms with van der Waals surface area (Å²) in [4.78, 5) is 27.3. The van der Waals surface area contributed by atoms with Crippen LogP contribution in [0.1, 0.15) is 64.3 Å². The van der Waals surface area contributed by atoms with E-state index in [1.54, 1.807) is 6.07 Å². The van der Waals surface area contributed by atoms with E-state index in [-0.39, 0.29) is 12.5 Å². The molecule has 0 bridgehead atoms. The number of benzene rings is 1. The summed E-state index contributed by atoms with van der Waals surface area (Å²) in [5, 5.41) is 16.8. The highest BCUT2D eigenvalue weighted by atomic mass is 16.5. The number of amides is 1. The van der Waals surface area contributed by atoms with Crippen molar-refractivity contribution in [1.29, 1.82) is 0 Å². The first-order valence-electron chi connectivity index (χ1n) is 13.4. The number of aryl methyl sites for hydroxylation is 1. The zero-order valence-corrected chi connectivity index (χ0v) is 22.1. The first-order chi connectivity index (χ1) is 18.5. The Morgan fingerprint density at radius 1 is 1.24 bits per heavy atom. The highest BCUT2D eigenvalue weighted by Crippen LogP contribution is 2.30. The number of rotatable bonds is 10. The van der Waals surface area contributed by atoms with Crippen molar-refractivity contribution in [3.63, 3.8) is 0 Å². The van der Waals surface area contributed by atoms with Gasteiger partial charge in [0.15, 0.2) is 12.2 Å². The molecule has 0 unspecified atom stereocenters. The second kappa shape index (κ2) is 11.9. The van der Waals surface area contributed by atoms with Gasteiger partial charge in [-0.1, -0.05) is 18.9 Å². The maximum Gasteiger partial charge on any atom is 0.270 e. The van der Waals surface area contributed by atoms with E-state index in [0.29, 0.717) is 30.7 Å². The van der Waals surface area contributed by atoms with E-state index in [9.17, 15) is 9.90 Å². The molecule has 1 saturated carbocycles. The van der Waals surface area contributed by atoms with Crippen LogP contribution in [0.15, 0.2) is 35.3 Å². The lowest BCUT2D eigenvalue weighted by atomic mass is 9.94. The van der Waals surface area contributed by atoms with Crippen molar-refractivity contribution in [2.75, 3.05) is 25.0 Å². The van der Waals surface area contributed by atoms with Gasteiger partial charge in [-0.25, -0.2) is 15.0 Å². The third-order valence-corrected chi connectivity index (χ3v) is 7.50. The number of aliphatic hydroxyl groups is 1. The van der Waals surface area contributed by atoms with Crippen LogP contribution in [0.3, 0.4) is 0 Å². The molecule has 10 heteroatoms. The minimum atomic E-state index is -0.688. The van der Waals surface area contributed by atoms with Crippen LogP contribution in [-0.2, 0) is 19.6 Å². The molecule has 0 saturated heterocycles. The molecule has 0 spiro atoms. The van der Waals surface area contributed by atoms with E-state index in [1.165, 1.54) is 36.7 Å². The Balaban J connectivity index is 1.10. The Hall–Kier alpha value is -3.50. The summed E-state index contributed by atoms with van der Waals surface area (Å²) in [6, 6.07) is 6.17. The molecule has 5 rings (SSSR count). The van der Waals surface area contributed by atoms with Crippen molar-refractivity contribution in [3.8, 4) is 5.75 Å². The molecule has 1 amide bonds. The van der Waals surface area contributed by atoms with Crippen molar-refractivity contribution in [2.24, 2.45) is 0 Å². The number of fused-ring (bicyclic) bond motifs is 1. The van der Waals surface area contributed by atoms with Crippen molar-refractivity contribution in [1.82, 2.24) is 25.2 Å². The summed E-state index contributed by atoms with van der Waals surface area (Å²) in [6.07, 6.45) is 7.70. The van der Waals surface area contributed by atoms with E-state index in [0.717, 1.165) is 55.1 Å². The third-order valence-electron chi connectivity index (χ3n) is 7.50. The molecule has 10 nitrogen and oxygen atoms in total. The normalized spacial score (nSPS) is 16.7. The van der Waals surface area contributed by atoms with Crippen LogP contribution in [-0.4, -0.2) is 62.6 Å². The number of carbonyl (C=O) groups excluding carboxylic acids is 1. The number of ether oxygens (including phenoxy) is 1. The number of nitrogens with zero attached hydrogens (tertiary/aromatic N) is 4. The fourth-order valence-corrected chi connectivity index (χ4v) is 5.30. The summed E-state index contributed by atoms with van der Waals surface area (Å²) in [5.41, 5.74) is 4.80. The minimum absolute atomic E-state index is 0.157. The number of carbonyl (C=O) groups is 1. The molecule has 0 radical (unpaired) electrons. The second-order valence-corrected chi connectivity index (χ2v) is 10.2. The lowest BCUT2D eigenvalue weighted by Crippen LogP contribution is -2.42. The van der Waals surface area contributed by atoms with Gasteiger partial charge in [0.2, 0.25) is 0 Å². The van der Waals surface area contributed by atoms with Gasteiger partial charge >= 0.3 is 0 Å². The van der Waals surface area contributed by atoms with Crippen molar-refractivity contribution >= 4 is 11.7 Å². The molecule has 202 valence electrons. The Labute approximate surface area is 222 Å². The quantitative estimate of drug-likeness (QED) is 0.370. The lowest BCUT2D eigenvalue weighted by Gasteiger charge is -2.31. The molecule has 1 aliphatic carbocycles. The molecule has 1 fully saturated rings. The Kier molecular flexibility index (Phi) is 8.19. The Bertz CT molecular complexity index is 1260. The highest BCUT2D eigenvalue weighted by Gasteiger charge is 2.22. The standard InChI is InChI=1S/C28H36N6O4/c1-18-23-9-10-34(13-20(23)7-8-25(18)37-15-26-19(2)32-17-38-26)14-22(35)12-29-28(36)24-11-27(31-16-30-24)33-21-5-3-4-6-21/h7-8,11,16-17,21-22,35H,3-6,9-10,12-15H2,1-2H3,(H,29,36)(H,30,31,33)/t22-/m0/s1. The fraction of sp³-hybridized carbons (Fsp3) is 0.500. The van der Waals surface area contributed by atoms with E-state index in [1.807, 2.05) is 13.0 Å². The predicted molar refractivity (Wildman–Crippen MR) is 142 cm³/mol. The number of nitrogens with one attached hydrogen (secondary N) is 2. The number of hydrogen-bond acceptors (Lipinski definition) is 9. The van der Waals surface area contributed by atoms with Crippen LogP contribution in [0.2, 0.25) is 0 Å². The van der Waals surface area contributed by atoms with Gasteiger partial charge in [-0.2, -0.15) is 0 Å². The van der Waals surface area contributed by atoms with Gasteiger partial charge in [0.05, 0.1) is 11.8 Å². The zero-order chi connectivity index (χ0) is 26.5. The monoisotopic (exact) mass is 520 g/mol. The molecule has 3 aromatic rings. The van der Waals surface area contributed by atoms with Crippen LogP contribution in [0.25, 0.3) is 0 Å². The summed E-state index contributed by atoms with van der Waals surface area (Å²) in [7, 11) is 0. The number of aliphatic hydroxyl groups excluding tert-OH is 1. The van der Waals surface area contributed by atoms with E-state index in [2.05, 4.69) is 43.5 Å². The molecule has 2 aromatic heterocycles. The molecular formula is C28H36N6O4. The first-order valence-corrected chi connectivity index (χ1v) is 13.4. The van der Waals surface area contributed by atoms with Gasteiger partial charge in [-0.15, -0.1) is 0 Å². The first kappa shape index (κ1) is 26.1. The predicted octanol–water partition coefficient (Wildman–Crippen LogP) is 3.16. The Morgan fingerprint density at radius 2 is 2.08 bits per heavy atom. The average Bonchev–Trinajstić information content (AvgIpc) is 3.58. The van der Waals surface area contributed by atoms with Crippen LogP contribution in [0.4, 0.5) is 5.82 Å². The maximum atomic E-state index is 12.6. The number of β-amino-alcohol motifs (C(OH)–C–C–N with tert-alkyl or cyclic N) is 1. The smallest absolute Gasteiger partial charge is 0.270 e. The van der Waals surface area contributed by atoms with E-state index in [4.69, 9.17) is 9.15 Å². The molecule has 2 aliphatic rings. The molecular weight excluding hydrogens is 484 g/mol. The van der Waals surface area contributed by atoms with Crippen LogP contribution < -0.4 is 15.4 Å². The molecule has 1 aliphatic heterocycles. The molecule has 3 N–H and O–H groups in total. The number of hydrogen-bond donors (Lipinski definition) is 3. The van der Waals surface area contributed by atoms with Crippen LogP contribution in [0, 0.1) is 13.8 Å². The maximum absolute atomic E-state index is 12.6. The second-order valence-electron chi connectivity index (χ2n) is 10.2. The summed E-state index contributed by atoms with van der Waals surface area (Å²) in [5.74, 6) is 1.94. The van der Waals surface area contributed by atoms with Crippen molar-refractivity contribution in [2.45, 2.75) is 71.2 Å². The minimum Gasteiger partial charge on any atom is -0.485 e. The van der Waals surface area contributed by atoms with Crippen LogP contribution >= 0.6 is 0 Å². The van der Waals surface area contributed by atoms with Gasteiger partial charge in [-0.3, -0.25) is 9.69 Å².